The third-order valence-corrected chi connectivity index (χ3v) is 4.33. The zero-order chi connectivity index (χ0) is 16.2. The molecule has 23 heavy (non-hydrogen) atoms. The summed E-state index contributed by atoms with van der Waals surface area (Å²) >= 11 is 0. The number of pyridine rings is 1. The molecule has 0 radical (unpaired) electrons. The van der Waals surface area contributed by atoms with Gasteiger partial charge in [0.25, 0.3) is 5.91 Å². The van der Waals surface area contributed by atoms with E-state index in [1.54, 1.807) is 0 Å². The van der Waals surface area contributed by atoms with Crippen LogP contribution in [-0.2, 0) is 4.79 Å². The summed E-state index contributed by atoms with van der Waals surface area (Å²) < 4.78 is 0. The smallest absolute Gasteiger partial charge is 0.252 e. The SMILES string of the molecule is CN(CC(=O)NNc1ccc2ccccc2n1)[C@@H]1CCC[C@H]1O. The normalized spacial score (nSPS) is 20.8. The third-order valence-electron chi connectivity index (χ3n) is 4.33. The van der Waals surface area contributed by atoms with E-state index in [-0.39, 0.29) is 24.6 Å². The predicted octanol–water partition coefficient (Wildman–Crippen LogP) is 1.52. The van der Waals surface area contributed by atoms with Crippen LogP contribution in [0, 0.1) is 0 Å². The Morgan fingerprint density at radius 3 is 2.91 bits per heavy atom. The average Bonchev–Trinajstić information content (AvgIpc) is 2.99. The molecule has 0 aliphatic heterocycles. The fraction of sp³-hybridized carbons (Fsp3) is 0.412. The monoisotopic (exact) mass is 314 g/mol. The summed E-state index contributed by atoms with van der Waals surface area (Å²) in [5.41, 5.74) is 6.38. The van der Waals surface area contributed by atoms with Crippen molar-refractivity contribution in [1.82, 2.24) is 15.3 Å². The number of rotatable bonds is 5. The minimum atomic E-state index is -0.331. The Bertz CT molecular complexity index is 691. The van der Waals surface area contributed by atoms with Crippen molar-refractivity contribution in [1.29, 1.82) is 0 Å². The van der Waals surface area contributed by atoms with Crippen molar-refractivity contribution in [2.75, 3.05) is 19.0 Å². The van der Waals surface area contributed by atoms with Crippen LogP contribution >= 0.6 is 0 Å². The molecule has 1 aromatic carbocycles. The molecule has 1 aromatic heterocycles. The molecule has 2 atom stereocenters. The summed E-state index contributed by atoms with van der Waals surface area (Å²) in [4.78, 5) is 18.4. The van der Waals surface area contributed by atoms with E-state index in [1.165, 1.54) is 0 Å². The molecule has 1 saturated carbocycles. The maximum absolute atomic E-state index is 12.0. The third kappa shape index (κ3) is 3.78. The zero-order valence-electron chi connectivity index (χ0n) is 13.2. The van der Waals surface area contributed by atoms with Gasteiger partial charge in [0.05, 0.1) is 18.2 Å². The molecule has 1 heterocycles. The van der Waals surface area contributed by atoms with E-state index >= 15 is 0 Å². The molecule has 6 nitrogen and oxygen atoms in total. The molecular weight excluding hydrogens is 292 g/mol. The second-order valence-electron chi connectivity index (χ2n) is 6.04. The second kappa shape index (κ2) is 6.93. The van der Waals surface area contributed by atoms with Gasteiger partial charge < -0.3 is 5.11 Å². The highest BCUT2D eigenvalue weighted by molar-refractivity contribution is 5.81. The first kappa shape index (κ1) is 15.7. The van der Waals surface area contributed by atoms with Gasteiger partial charge in [0.2, 0.25) is 0 Å². The van der Waals surface area contributed by atoms with Gasteiger partial charge in [0.15, 0.2) is 0 Å². The molecule has 1 fully saturated rings. The maximum atomic E-state index is 12.0. The highest BCUT2D eigenvalue weighted by Crippen LogP contribution is 2.22. The number of anilines is 1. The van der Waals surface area contributed by atoms with Gasteiger partial charge in [-0.15, -0.1) is 0 Å². The van der Waals surface area contributed by atoms with E-state index in [0.717, 1.165) is 30.2 Å². The average molecular weight is 314 g/mol. The predicted molar refractivity (Wildman–Crippen MR) is 89.8 cm³/mol. The molecule has 3 rings (SSSR count). The first-order valence-electron chi connectivity index (χ1n) is 7.92. The number of aliphatic hydroxyl groups is 1. The van der Waals surface area contributed by atoms with Crippen LogP contribution in [0.15, 0.2) is 36.4 Å². The first-order valence-corrected chi connectivity index (χ1v) is 7.92. The van der Waals surface area contributed by atoms with Crippen LogP contribution in [-0.4, -0.2) is 46.6 Å². The van der Waals surface area contributed by atoms with E-state index in [0.29, 0.717) is 5.82 Å². The van der Waals surface area contributed by atoms with E-state index in [1.807, 2.05) is 48.3 Å². The number of para-hydroxylation sites is 1. The summed E-state index contributed by atoms with van der Waals surface area (Å²) in [7, 11) is 1.87. The minimum Gasteiger partial charge on any atom is -0.391 e. The molecule has 122 valence electrons. The summed E-state index contributed by atoms with van der Waals surface area (Å²) in [5.74, 6) is 0.446. The lowest BCUT2D eigenvalue weighted by Crippen LogP contribution is -2.45. The molecule has 3 N–H and O–H groups in total. The van der Waals surface area contributed by atoms with Crippen molar-refractivity contribution in [2.24, 2.45) is 0 Å². The number of nitrogens with one attached hydrogen (secondary N) is 2. The van der Waals surface area contributed by atoms with Gasteiger partial charge in [-0.1, -0.05) is 18.2 Å². The Hall–Kier alpha value is -2.18. The quantitative estimate of drug-likeness (QED) is 0.730. The topological polar surface area (TPSA) is 77.5 Å². The van der Waals surface area contributed by atoms with Crippen LogP contribution in [0.2, 0.25) is 0 Å². The summed E-state index contributed by atoms with van der Waals surface area (Å²) in [6, 6.07) is 11.7. The van der Waals surface area contributed by atoms with Crippen LogP contribution < -0.4 is 10.9 Å². The number of carbonyl (C=O) groups is 1. The van der Waals surface area contributed by atoms with Crippen molar-refractivity contribution < 1.29 is 9.90 Å². The molecule has 2 aromatic rings. The Balaban J connectivity index is 1.53. The van der Waals surface area contributed by atoms with Gasteiger partial charge in [-0.2, -0.15) is 0 Å². The standard InChI is InChI=1S/C17H22N4O2/c1-21(14-7-4-8-15(14)22)11-17(23)20-19-16-10-9-12-5-2-3-6-13(12)18-16/h2-3,5-6,9-10,14-15,22H,4,7-8,11H2,1H3,(H,18,19)(H,20,23)/t14-,15-/m1/s1. The minimum absolute atomic E-state index is 0.0690. The van der Waals surface area contributed by atoms with Crippen LogP contribution in [0.5, 0.6) is 0 Å². The number of benzene rings is 1. The Kier molecular flexibility index (Phi) is 4.73. The largest absolute Gasteiger partial charge is 0.391 e. The second-order valence-corrected chi connectivity index (χ2v) is 6.04. The summed E-state index contributed by atoms with van der Waals surface area (Å²) in [6.45, 7) is 0.238. The number of hydrogen-bond acceptors (Lipinski definition) is 5. The number of nitrogens with zero attached hydrogens (tertiary/aromatic N) is 2. The Morgan fingerprint density at radius 2 is 2.13 bits per heavy atom. The summed E-state index contributed by atoms with van der Waals surface area (Å²) in [6.07, 6.45) is 2.43. The molecule has 6 heteroatoms. The Labute approximate surface area is 135 Å². The number of likely N-dealkylation sites (N-methyl/N-ethyl adjacent to an activating group) is 1. The van der Waals surface area contributed by atoms with Gasteiger partial charge >= 0.3 is 0 Å². The van der Waals surface area contributed by atoms with Crippen molar-refractivity contribution in [3.05, 3.63) is 36.4 Å². The van der Waals surface area contributed by atoms with Crippen molar-refractivity contribution >= 4 is 22.6 Å². The molecular formula is C17H22N4O2. The lowest BCUT2D eigenvalue weighted by molar-refractivity contribution is -0.122. The first-order chi connectivity index (χ1) is 11.1. The van der Waals surface area contributed by atoms with E-state index in [4.69, 9.17) is 0 Å². The number of aliphatic hydroxyl groups excluding tert-OH is 1. The number of hydrogen-bond donors (Lipinski definition) is 3. The van der Waals surface area contributed by atoms with Crippen LogP contribution in [0.1, 0.15) is 19.3 Å². The molecule has 1 aliphatic carbocycles. The van der Waals surface area contributed by atoms with Crippen LogP contribution in [0.25, 0.3) is 10.9 Å². The van der Waals surface area contributed by atoms with E-state index < -0.39 is 0 Å². The van der Waals surface area contributed by atoms with Gasteiger partial charge in [-0.3, -0.25) is 20.5 Å². The molecule has 0 saturated heterocycles. The highest BCUT2D eigenvalue weighted by Gasteiger charge is 2.29. The van der Waals surface area contributed by atoms with Gasteiger partial charge in [0.1, 0.15) is 5.82 Å². The molecule has 1 amide bonds. The van der Waals surface area contributed by atoms with E-state index in [2.05, 4.69) is 15.8 Å². The lowest BCUT2D eigenvalue weighted by Gasteiger charge is -2.26. The fourth-order valence-corrected chi connectivity index (χ4v) is 3.09. The lowest BCUT2D eigenvalue weighted by atomic mass is 10.2. The zero-order valence-corrected chi connectivity index (χ0v) is 13.2. The molecule has 0 unspecified atom stereocenters. The van der Waals surface area contributed by atoms with E-state index in [9.17, 15) is 9.90 Å². The summed E-state index contributed by atoms with van der Waals surface area (Å²) in [5, 5.41) is 10.9. The Morgan fingerprint density at radius 1 is 1.30 bits per heavy atom. The maximum Gasteiger partial charge on any atom is 0.252 e. The van der Waals surface area contributed by atoms with Crippen LogP contribution in [0.3, 0.4) is 0 Å². The fourth-order valence-electron chi connectivity index (χ4n) is 3.09. The van der Waals surface area contributed by atoms with Gasteiger partial charge in [-0.05, 0) is 44.5 Å². The van der Waals surface area contributed by atoms with Gasteiger partial charge in [-0.25, -0.2) is 4.98 Å². The van der Waals surface area contributed by atoms with Gasteiger partial charge in [0, 0.05) is 11.4 Å². The molecule has 0 spiro atoms. The van der Waals surface area contributed by atoms with Crippen molar-refractivity contribution in [3.63, 3.8) is 0 Å². The number of hydrazine groups is 1. The highest BCUT2D eigenvalue weighted by atomic mass is 16.3. The molecule has 1 aliphatic rings. The van der Waals surface area contributed by atoms with Crippen molar-refractivity contribution in [3.8, 4) is 0 Å². The molecule has 0 bridgehead atoms. The van der Waals surface area contributed by atoms with Crippen molar-refractivity contribution in [2.45, 2.75) is 31.4 Å². The van der Waals surface area contributed by atoms with Crippen LogP contribution in [0.4, 0.5) is 5.82 Å². The number of aromatic nitrogens is 1. The number of carbonyl (C=O) groups excluding carboxylic acids is 1. The number of amides is 1. The number of fused-ring (bicyclic) bond motifs is 1.